The number of halogens is 4. The topological polar surface area (TPSA) is 35.5 Å². The average Bonchev–Trinajstić information content (AvgIpc) is 2.28. The molecular formula is C11H19ClF3O3PS. The molecule has 1 fully saturated rings. The fraction of sp³-hybridized carbons (Fsp3) is 1.00. The van der Waals surface area contributed by atoms with Crippen LogP contribution >= 0.6 is 29.8 Å². The van der Waals surface area contributed by atoms with Gasteiger partial charge in [-0.15, -0.1) is 0 Å². The van der Waals surface area contributed by atoms with Gasteiger partial charge in [-0.25, -0.2) is 17.7 Å². The predicted molar refractivity (Wildman–Crippen MR) is 75.3 cm³/mol. The first kappa shape index (κ1) is 18.6. The zero-order chi connectivity index (χ0) is 15.7. The molecule has 1 rings (SSSR count). The van der Waals surface area contributed by atoms with Gasteiger partial charge in [0.25, 0.3) is 5.13 Å². The van der Waals surface area contributed by atoms with Crippen LogP contribution in [0, 0.1) is 0 Å². The Morgan fingerprint density at radius 1 is 1.35 bits per heavy atom. The minimum Gasteiger partial charge on any atom is -0.301 e. The van der Waals surface area contributed by atoms with Gasteiger partial charge in [0.05, 0.1) is 13.0 Å². The molecule has 0 heterocycles. The molecule has 9 heteroatoms. The summed E-state index contributed by atoms with van der Waals surface area (Å²) in [5, 5.41) is -3.38. The Morgan fingerprint density at radius 2 is 1.95 bits per heavy atom. The van der Waals surface area contributed by atoms with E-state index >= 15 is 0 Å². The van der Waals surface area contributed by atoms with E-state index in [2.05, 4.69) is 0 Å². The summed E-state index contributed by atoms with van der Waals surface area (Å²) in [7, 11) is 0. The zero-order valence-electron chi connectivity index (χ0n) is 11.6. The van der Waals surface area contributed by atoms with E-state index in [0.29, 0.717) is 5.75 Å². The molecule has 0 aliphatic heterocycles. The largest absolute Gasteiger partial charge is 0.389 e. The number of hydrogen-bond acceptors (Lipinski definition) is 4. The monoisotopic (exact) mass is 354 g/mol. The molecule has 1 aliphatic rings. The molecule has 1 saturated carbocycles. The lowest BCUT2D eigenvalue weighted by Crippen LogP contribution is -2.70. The van der Waals surface area contributed by atoms with Gasteiger partial charge in [-0.3, -0.25) is 4.52 Å². The third-order valence-electron chi connectivity index (χ3n) is 3.03. The maximum absolute atomic E-state index is 13.9. The Labute approximate surface area is 126 Å². The molecule has 1 aliphatic carbocycles. The molecular weight excluding hydrogens is 336 g/mol. The Bertz CT molecular complexity index is 397. The summed E-state index contributed by atoms with van der Waals surface area (Å²) < 4.78 is 62.8. The van der Waals surface area contributed by atoms with Gasteiger partial charge in [-0.05, 0) is 31.7 Å². The normalized spacial score (nSPS) is 35.4. The van der Waals surface area contributed by atoms with Gasteiger partial charge in [-0.1, -0.05) is 24.9 Å². The van der Waals surface area contributed by atoms with Crippen molar-refractivity contribution in [3.8, 4) is 0 Å². The van der Waals surface area contributed by atoms with Crippen LogP contribution < -0.4 is 0 Å². The van der Waals surface area contributed by atoms with E-state index in [9.17, 15) is 17.7 Å². The summed E-state index contributed by atoms with van der Waals surface area (Å²) in [4.78, 5) is 0. The van der Waals surface area contributed by atoms with E-state index in [0.717, 1.165) is 31.1 Å². The van der Waals surface area contributed by atoms with Gasteiger partial charge in [0.2, 0.25) is 0 Å². The highest BCUT2D eigenvalue weighted by atomic mass is 35.5. The predicted octanol–water partition coefficient (Wildman–Crippen LogP) is 5.38. The number of hydrogen-bond donors (Lipinski definition) is 0. The Hall–Kier alpha value is 0.580. The molecule has 0 aromatic heterocycles. The van der Waals surface area contributed by atoms with Crippen LogP contribution in [0.4, 0.5) is 13.2 Å². The van der Waals surface area contributed by atoms with Crippen molar-refractivity contribution in [1.82, 2.24) is 0 Å². The van der Waals surface area contributed by atoms with Gasteiger partial charge >= 0.3 is 12.7 Å². The average molecular weight is 355 g/mol. The maximum atomic E-state index is 13.9. The van der Waals surface area contributed by atoms with Gasteiger partial charge in [0.15, 0.2) is 0 Å². The molecule has 3 nitrogen and oxygen atoms in total. The number of alkyl halides is 4. The quantitative estimate of drug-likeness (QED) is 0.333. The van der Waals surface area contributed by atoms with Crippen molar-refractivity contribution in [3.05, 3.63) is 0 Å². The van der Waals surface area contributed by atoms with Crippen molar-refractivity contribution in [1.29, 1.82) is 0 Å². The first-order valence-electron chi connectivity index (χ1n) is 6.39. The summed E-state index contributed by atoms with van der Waals surface area (Å²) in [5.41, 5.74) is -2.03. The zero-order valence-corrected chi connectivity index (χ0v) is 14.1. The Balaban J connectivity index is 2.79. The first-order valence-corrected chi connectivity index (χ1v) is 9.90. The molecule has 3 unspecified atom stereocenters. The summed E-state index contributed by atoms with van der Waals surface area (Å²) in [5.74, 6) is -3.23. The van der Waals surface area contributed by atoms with Crippen molar-refractivity contribution in [2.75, 3.05) is 12.4 Å². The molecule has 0 saturated heterocycles. The minimum absolute atomic E-state index is 0.0739. The van der Waals surface area contributed by atoms with Crippen LogP contribution in [0.25, 0.3) is 0 Å². The van der Waals surface area contributed by atoms with Crippen molar-refractivity contribution in [2.24, 2.45) is 0 Å². The molecule has 3 atom stereocenters. The summed E-state index contributed by atoms with van der Waals surface area (Å²) in [6.45, 7) is 0.993. The highest BCUT2D eigenvalue weighted by Crippen LogP contribution is 2.70. The van der Waals surface area contributed by atoms with Crippen molar-refractivity contribution in [3.63, 3.8) is 0 Å². The Kier molecular flexibility index (Phi) is 5.93. The molecule has 0 radical (unpaired) electrons. The van der Waals surface area contributed by atoms with Crippen molar-refractivity contribution >= 4 is 29.8 Å². The van der Waals surface area contributed by atoms with Gasteiger partial charge in [0.1, 0.15) is 5.60 Å². The molecule has 0 bridgehead atoms. The van der Waals surface area contributed by atoms with Gasteiger partial charge in [-0.2, -0.15) is 0 Å². The van der Waals surface area contributed by atoms with Crippen LogP contribution in [0.5, 0.6) is 0 Å². The first-order chi connectivity index (χ1) is 9.04. The van der Waals surface area contributed by atoms with Crippen molar-refractivity contribution < 1.29 is 26.8 Å². The molecule has 0 spiro atoms. The fourth-order valence-corrected chi connectivity index (χ4v) is 6.13. The summed E-state index contributed by atoms with van der Waals surface area (Å²) in [6, 6.07) is 0. The SMILES string of the molecule is CCCCSP(=O)(OCC)OC1(C)CC(F)(F)C1(F)Cl. The van der Waals surface area contributed by atoms with E-state index in [-0.39, 0.29) is 6.61 Å². The van der Waals surface area contributed by atoms with Crippen LogP contribution in [0.1, 0.15) is 40.0 Å². The van der Waals surface area contributed by atoms with Crippen LogP contribution in [0.15, 0.2) is 0 Å². The second kappa shape index (κ2) is 6.37. The highest BCUT2D eigenvalue weighted by Gasteiger charge is 2.78. The maximum Gasteiger partial charge on any atom is 0.389 e. The molecule has 0 N–H and O–H groups in total. The fourth-order valence-electron chi connectivity index (χ4n) is 1.83. The van der Waals surface area contributed by atoms with Crippen LogP contribution in [0.3, 0.4) is 0 Å². The lowest BCUT2D eigenvalue weighted by atomic mass is 9.75. The minimum atomic E-state index is -3.71. The van der Waals surface area contributed by atoms with E-state index in [4.69, 9.17) is 20.6 Å². The Morgan fingerprint density at radius 3 is 2.35 bits per heavy atom. The van der Waals surface area contributed by atoms with Crippen LogP contribution in [0.2, 0.25) is 0 Å². The van der Waals surface area contributed by atoms with E-state index in [1.54, 1.807) is 6.92 Å². The molecule has 0 amide bonds. The third kappa shape index (κ3) is 3.49. The smallest absolute Gasteiger partial charge is 0.301 e. The second-order valence-corrected chi connectivity index (χ2v) is 9.47. The molecule has 120 valence electrons. The van der Waals surface area contributed by atoms with Gasteiger partial charge < -0.3 is 4.52 Å². The van der Waals surface area contributed by atoms with E-state index in [1.807, 2.05) is 6.92 Å². The number of rotatable bonds is 8. The van der Waals surface area contributed by atoms with Crippen LogP contribution in [-0.4, -0.2) is 29.0 Å². The second-order valence-electron chi connectivity index (χ2n) is 4.83. The third-order valence-corrected chi connectivity index (χ3v) is 7.73. The number of unbranched alkanes of at least 4 members (excludes halogenated alkanes) is 1. The molecule has 0 aromatic rings. The van der Waals surface area contributed by atoms with E-state index in [1.165, 1.54) is 0 Å². The van der Waals surface area contributed by atoms with Crippen molar-refractivity contribution in [2.45, 2.75) is 56.7 Å². The molecule has 0 aromatic carbocycles. The summed E-state index contributed by atoms with van der Waals surface area (Å²) in [6.07, 6.45) is 0.710. The van der Waals surface area contributed by atoms with Crippen LogP contribution in [-0.2, 0) is 13.6 Å². The summed E-state index contributed by atoms with van der Waals surface area (Å²) >= 11 is 6.13. The molecule has 20 heavy (non-hydrogen) atoms. The standard InChI is InChI=1S/C11H19ClF3O3PS/c1-4-6-7-20-19(16,17-5-2)18-9(3)8-10(13,14)11(9,12)15/h4-8H2,1-3H3. The van der Waals surface area contributed by atoms with E-state index < -0.39 is 29.9 Å². The van der Waals surface area contributed by atoms with Gasteiger partial charge in [0, 0.05) is 5.75 Å². The lowest BCUT2D eigenvalue weighted by molar-refractivity contribution is -0.271. The lowest BCUT2D eigenvalue weighted by Gasteiger charge is -2.53. The highest BCUT2D eigenvalue weighted by molar-refractivity contribution is 8.55.